The van der Waals surface area contributed by atoms with Crippen LogP contribution in [0, 0.1) is 11.6 Å². The van der Waals surface area contributed by atoms with Gasteiger partial charge in [0.15, 0.2) is 11.6 Å². The second-order valence-electron chi connectivity index (χ2n) is 5.56. The van der Waals surface area contributed by atoms with E-state index in [-0.39, 0.29) is 6.04 Å². The van der Waals surface area contributed by atoms with Gasteiger partial charge in [0, 0.05) is 44.3 Å². The first-order valence-electron chi connectivity index (χ1n) is 7.16. The molecule has 1 atom stereocenters. The van der Waals surface area contributed by atoms with Gasteiger partial charge >= 0.3 is 0 Å². The van der Waals surface area contributed by atoms with Crippen LogP contribution >= 0.6 is 0 Å². The van der Waals surface area contributed by atoms with E-state index >= 15 is 0 Å². The van der Waals surface area contributed by atoms with Gasteiger partial charge in [-0.15, -0.1) is 0 Å². The lowest BCUT2D eigenvalue weighted by atomic mass is 10.0. The molecule has 1 unspecified atom stereocenters. The van der Waals surface area contributed by atoms with E-state index in [2.05, 4.69) is 23.6 Å². The third kappa shape index (κ3) is 3.16. The molecule has 1 aromatic carbocycles. The summed E-state index contributed by atoms with van der Waals surface area (Å²) in [7, 11) is 0. The average molecular weight is 283 g/mol. The van der Waals surface area contributed by atoms with Crippen molar-refractivity contribution in [3.63, 3.8) is 0 Å². The van der Waals surface area contributed by atoms with Crippen LogP contribution in [0.4, 0.5) is 8.78 Å². The van der Waals surface area contributed by atoms with E-state index in [1.165, 1.54) is 0 Å². The van der Waals surface area contributed by atoms with Crippen molar-refractivity contribution in [1.82, 2.24) is 9.80 Å². The van der Waals surface area contributed by atoms with Crippen LogP contribution in [0.15, 0.2) is 18.2 Å². The summed E-state index contributed by atoms with van der Waals surface area (Å²) in [5.74, 6) is -1.57. The molecule has 0 bridgehead atoms. The molecule has 1 aromatic rings. The molecule has 0 radical (unpaired) electrons. The summed E-state index contributed by atoms with van der Waals surface area (Å²) in [4.78, 5) is 4.53. The van der Waals surface area contributed by atoms with E-state index in [9.17, 15) is 8.78 Å². The number of hydrogen-bond donors (Lipinski definition) is 1. The molecule has 0 aliphatic carbocycles. The first kappa shape index (κ1) is 15.4. The van der Waals surface area contributed by atoms with E-state index < -0.39 is 11.6 Å². The van der Waals surface area contributed by atoms with Crippen LogP contribution in [0.1, 0.15) is 25.5 Å². The molecular formula is C15H23F2N3. The van der Waals surface area contributed by atoms with Crippen LogP contribution in [0.5, 0.6) is 0 Å². The summed E-state index contributed by atoms with van der Waals surface area (Å²) in [6.45, 7) is 8.16. The SMILES string of the molecule is CC(C)N1CCN(C(CN)c2cccc(F)c2F)CC1. The lowest BCUT2D eigenvalue weighted by Gasteiger charge is -2.40. The summed E-state index contributed by atoms with van der Waals surface area (Å²) < 4.78 is 27.3. The zero-order valence-electron chi connectivity index (χ0n) is 12.1. The van der Waals surface area contributed by atoms with E-state index in [4.69, 9.17) is 5.73 Å². The Morgan fingerprint density at radius 2 is 1.70 bits per heavy atom. The smallest absolute Gasteiger partial charge is 0.163 e. The third-order valence-corrected chi connectivity index (χ3v) is 4.08. The Balaban J connectivity index is 2.12. The number of nitrogens with two attached hydrogens (primary N) is 1. The van der Waals surface area contributed by atoms with Gasteiger partial charge in [-0.05, 0) is 19.9 Å². The highest BCUT2D eigenvalue weighted by Gasteiger charge is 2.27. The normalized spacial score (nSPS) is 19.5. The predicted molar refractivity (Wildman–Crippen MR) is 76.4 cm³/mol. The molecule has 1 heterocycles. The Hall–Kier alpha value is -1.04. The molecule has 0 aromatic heterocycles. The van der Waals surface area contributed by atoms with Crippen LogP contribution in [-0.4, -0.2) is 48.6 Å². The van der Waals surface area contributed by atoms with Crippen molar-refractivity contribution in [1.29, 1.82) is 0 Å². The maximum atomic E-state index is 13.9. The van der Waals surface area contributed by atoms with Crippen LogP contribution in [-0.2, 0) is 0 Å². The molecule has 3 nitrogen and oxygen atoms in total. The Bertz CT molecular complexity index is 443. The van der Waals surface area contributed by atoms with Crippen molar-refractivity contribution in [3.05, 3.63) is 35.4 Å². The maximum Gasteiger partial charge on any atom is 0.163 e. The lowest BCUT2D eigenvalue weighted by molar-refractivity contribution is 0.0788. The van der Waals surface area contributed by atoms with Gasteiger partial charge in [0.1, 0.15) is 0 Å². The highest BCUT2D eigenvalue weighted by Crippen LogP contribution is 2.25. The van der Waals surface area contributed by atoms with Gasteiger partial charge in [-0.3, -0.25) is 9.80 Å². The molecule has 112 valence electrons. The number of halogens is 2. The molecule has 0 saturated carbocycles. The number of rotatable bonds is 4. The summed E-state index contributed by atoms with van der Waals surface area (Å²) in [6, 6.07) is 4.58. The minimum absolute atomic E-state index is 0.250. The van der Waals surface area contributed by atoms with Crippen LogP contribution < -0.4 is 5.73 Å². The second kappa shape index (κ2) is 6.61. The fourth-order valence-electron chi connectivity index (χ4n) is 2.82. The summed E-state index contributed by atoms with van der Waals surface area (Å²) in [5, 5.41) is 0. The molecule has 1 aliphatic heterocycles. The quantitative estimate of drug-likeness (QED) is 0.917. The van der Waals surface area contributed by atoms with Gasteiger partial charge in [-0.2, -0.15) is 0 Å². The Kier molecular flexibility index (Phi) is 5.07. The van der Waals surface area contributed by atoms with Crippen molar-refractivity contribution < 1.29 is 8.78 Å². The molecule has 2 N–H and O–H groups in total. The molecular weight excluding hydrogens is 260 g/mol. The fourth-order valence-corrected chi connectivity index (χ4v) is 2.82. The van der Waals surface area contributed by atoms with Crippen LogP contribution in [0.2, 0.25) is 0 Å². The average Bonchev–Trinajstić information content (AvgIpc) is 2.45. The van der Waals surface area contributed by atoms with Gasteiger partial charge in [0.2, 0.25) is 0 Å². The standard InChI is InChI=1S/C15H23F2N3/c1-11(2)19-6-8-20(9-7-19)14(10-18)12-4-3-5-13(16)15(12)17/h3-5,11,14H,6-10,18H2,1-2H3. The van der Waals surface area contributed by atoms with Crippen molar-refractivity contribution >= 4 is 0 Å². The van der Waals surface area contributed by atoms with Gasteiger partial charge in [-0.25, -0.2) is 8.78 Å². The van der Waals surface area contributed by atoms with Gasteiger partial charge in [0.25, 0.3) is 0 Å². The molecule has 1 saturated heterocycles. The second-order valence-corrected chi connectivity index (χ2v) is 5.56. The maximum absolute atomic E-state index is 13.9. The Morgan fingerprint density at radius 3 is 2.25 bits per heavy atom. The van der Waals surface area contributed by atoms with E-state index in [1.807, 2.05) is 0 Å². The first-order chi connectivity index (χ1) is 9.54. The Morgan fingerprint density at radius 1 is 1.10 bits per heavy atom. The number of nitrogens with zero attached hydrogens (tertiary/aromatic N) is 2. The van der Waals surface area contributed by atoms with E-state index in [0.717, 1.165) is 32.2 Å². The van der Waals surface area contributed by atoms with Crippen LogP contribution in [0.25, 0.3) is 0 Å². The zero-order chi connectivity index (χ0) is 14.7. The molecule has 2 rings (SSSR count). The largest absolute Gasteiger partial charge is 0.329 e. The number of hydrogen-bond acceptors (Lipinski definition) is 3. The summed E-state index contributed by atoms with van der Waals surface area (Å²) in [6.07, 6.45) is 0. The molecule has 0 spiro atoms. The van der Waals surface area contributed by atoms with Gasteiger partial charge in [-0.1, -0.05) is 12.1 Å². The number of piperazine rings is 1. The van der Waals surface area contributed by atoms with Crippen molar-refractivity contribution in [2.24, 2.45) is 5.73 Å². The topological polar surface area (TPSA) is 32.5 Å². The highest BCUT2D eigenvalue weighted by atomic mass is 19.2. The molecule has 1 aliphatic rings. The predicted octanol–water partition coefficient (Wildman–Crippen LogP) is 1.99. The van der Waals surface area contributed by atoms with E-state index in [0.29, 0.717) is 18.2 Å². The fraction of sp³-hybridized carbons (Fsp3) is 0.600. The minimum atomic E-state index is -0.804. The van der Waals surface area contributed by atoms with E-state index in [1.54, 1.807) is 12.1 Å². The minimum Gasteiger partial charge on any atom is -0.329 e. The third-order valence-electron chi connectivity index (χ3n) is 4.08. The Labute approximate surface area is 119 Å². The van der Waals surface area contributed by atoms with Crippen molar-refractivity contribution in [3.8, 4) is 0 Å². The summed E-state index contributed by atoms with van der Waals surface area (Å²) in [5.41, 5.74) is 6.17. The molecule has 1 fully saturated rings. The molecule has 20 heavy (non-hydrogen) atoms. The highest BCUT2D eigenvalue weighted by molar-refractivity contribution is 5.23. The van der Waals surface area contributed by atoms with Crippen LogP contribution in [0.3, 0.4) is 0 Å². The van der Waals surface area contributed by atoms with Gasteiger partial charge in [0.05, 0.1) is 6.04 Å². The first-order valence-corrected chi connectivity index (χ1v) is 7.16. The lowest BCUT2D eigenvalue weighted by Crippen LogP contribution is -2.51. The zero-order valence-corrected chi connectivity index (χ0v) is 12.1. The summed E-state index contributed by atoms with van der Waals surface area (Å²) >= 11 is 0. The van der Waals surface area contributed by atoms with Crippen molar-refractivity contribution in [2.45, 2.75) is 25.9 Å². The van der Waals surface area contributed by atoms with Crippen molar-refractivity contribution in [2.75, 3.05) is 32.7 Å². The molecule has 0 amide bonds. The molecule has 5 heteroatoms. The number of benzene rings is 1. The van der Waals surface area contributed by atoms with Gasteiger partial charge < -0.3 is 5.73 Å². The monoisotopic (exact) mass is 283 g/mol.